The van der Waals surface area contributed by atoms with Gasteiger partial charge in [0.15, 0.2) is 0 Å². The van der Waals surface area contributed by atoms with Crippen LogP contribution in [0.1, 0.15) is 137 Å². The second kappa shape index (κ2) is 18.8. The van der Waals surface area contributed by atoms with Crippen LogP contribution in [0.3, 0.4) is 0 Å². The summed E-state index contributed by atoms with van der Waals surface area (Å²) < 4.78 is 16.7. The lowest BCUT2D eigenvalue weighted by Crippen LogP contribution is -2.20. The third-order valence-corrected chi connectivity index (χ3v) is 7.29. The highest BCUT2D eigenvalue weighted by atomic mass is 16.5. The van der Waals surface area contributed by atoms with Gasteiger partial charge in [0.25, 0.3) is 0 Å². The Labute approximate surface area is 224 Å². The summed E-state index contributed by atoms with van der Waals surface area (Å²) in [7, 11) is 0. The molecule has 0 aromatic heterocycles. The van der Waals surface area contributed by atoms with Crippen LogP contribution in [0.15, 0.2) is 18.2 Å². The number of esters is 3. The molecule has 2 unspecified atom stereocenters. The molecule has 6 nitrogen and oxygen atoms in total. The molecule has 0 heterocycles. The summed E-state index contributed by atoms with van der Waals surface area (Å²) in [6.45, 7) is 13.5. The van der Waals surface area contributed by atoms with Gasteiger partial charge in [-0.15, -0.1) is 0 Å². The highest BCUT2D eigenvalue weighted by molar-refractivity contribution is 6.05. The number of rotatable bonds is 19. The van der Waals surface area contributed by atoms with Crippen molar-refractivity contribution in [1.29, 1.82) is 0 Å². The molecule has 0 aliphatic carbocycles. The largest absolute Gasteiger partial charge is 0.462 e. The van der Waals surface area contributed by atoms with Gasteiger partial charge in [-0.1, -0.05) is 92.9 Å². The summed E-state index contributed by atoms with van der Waals surface area (Å²) in [5.41, 5.74) is 0.390. The highest BCUT2D eigenvalue weighted by Crippen LogP contribution is 2.20. The molecule has 0 saturated carbocycles. The monoisotopic (exact) mass is 518 g/mol. The lowest BCUT2D eigenvalue weighted by Gasteiger charge is -2.17. The molecule has 37 heavy (non-hydrogen) atoms. The normalized spacial score (nSPS) is 12.7. The van der Waals surface area contributed by atoms with Gasteiger partial charge in [-0.3, -0.25) is 0 Å². The Balaban J connectivity index is 3.08. The molecule has 1 aromatic carbocycles. The number of carbonyl (C=O) groups excluding carboxylic acids is 3. The third-order valence-electron chi connectivity index (χ3n) is 7.29. The summed E-state index contributed by atoms with van der Waals surface area (Å²) in [4.78, 5) is 38.9. The molecule has 0 saturated heterocycles. The SMILES string of the molecule is CCCCC(CC)COC(=O)c1ccc(C(=O)OCC(CC)CCCC)c(C(=O)OCC(CC)CC)c1. The van der Waals surface area contributed by atoms with Gasteiger partial charge in [-0.2, -0.15) is 0 Å². The molecular formula is C31H50O6. The molecule has 0 amide bonds. The molecule has 1 rings (SSSR count). The summed E-state index contributed by atoms with van der Waals surface area (Å²) in [6, 6.07) is 4.42. The summed E-state index contributed by atoms with van der Waals surface area (Å²) in [5, 5.41) is 0. The quantitative estimate of drug-likeness (QED) is 0.136. The van der Waals surface area contributed by atoms with E-state index >= 15 is 0 Å². The van der Waals surface area contributed by atoms with E-state index in [0.29, 0.717) is 19.1 Å². The molecule has 0 bridgehead atoms. The topological polar surface area (TPSA) is 78.9 Å². The first-order chi connectivity index (χ1) is 17.8. The van der Waals surface area contributed by atoms with Gasteiger partial charge in [-0.05, 0) is 48.8 Å². The smallest absolute Gasteiger partial charge is 0.339 e. The van der Waals surface area contributed by atoms with Crippen LogP contribution in [-0.2, 0) is 14.2 Å². The predicted octanol–water partition coefficient (Wildman–Crippen LogP) is 8.03. The van der Waals surface area contributed by atoms with Gasteiger partial charge in [0.2, 0.25) is 0 Å². The Morgan fingerprint density at radius 1 is 0.595 bits per heavy atom. The lowest BCUT2D eigenvalue weighted by molar-refractivity contribution is 0.0381. The molecule has 0 N–H and O–H groups in total. The van der Waals surface area contributed by atoms with Crippen molar-refractivity contribution in [2.45, 2.75) is 106 Å². The summed E-state index contributed by atoms with van der Waals surface area (Å²) in [5.74, 6) is -0.875. The van der Waals surface area contributed by atoms with Crippen molar-refractivity contribution in [2.24, 2.45) is 17.8 Å². The van der Waals surface area contributed by atoms with E-state index in [9.17, 15) is 14.4 Å². The van der Waals surface area contributed by atoms with Crippen molar-refractivity contribution >= 4 is 17.9 Å². The van der Waals surface area contributed by atoms with E-state index in [1.807, 2.05) is 13.8 Å². The second-order valence-corrected chi connectivity index (χ2v) is 10.1. The molecule has 0 spiro atoms. The first kappa shape index (κ1) is 32.7. The van der Waals surface area contributed by atoms with Crippen LogP contribution >= 0.6 is 0 Å². The number of hydrogen-bond donors (Lipinski definition) is 0. The zero-order chi connectivity index (χ0) is 27.6. The van der Waals surface area contributed by atoms with Crippen molar-refractivity contribution in [1.82, 2.24) is 0 Å². The molecule has 0 aliphatic rings. The van der Waals surface area contributed by atoms with E-state index in [1.165, 1.54) is 18.2 Å². The van der Waals surface area contributed by atoms with Crippen LogP contribution in [0, 0.1) is 17.8 Å². The summed E-state index contributed by atoms with van der Waals surface area (Å²) >= 11 is 0. The average molecular weight is 519 g/mol. The maximum atomic E-state index is 13.1. The van der Waals surface area contributed by atoms with Gasteiger partial charge in [0, 0.05) is 0 Å². The van der Waals surface area contributed by atoms with Crippen molar-refractivity contribution in [2.75, 3.05) is 19.8 Å². The Hall–Kier alpha value is -2.37. The average Bonchev–Trinajstić information content (AvgIpc) is 2.93. The highest BCUT2D eigenvalue weighted by Gasteiger charge is 2.24. The Morgan fingerprint density at radius 2 is 1.03 bits per heavy atom. The first-order valence-corrected chi connectivity index (χ1v) is 14.5. The van der Waals surface area contributed by atoms with E-state index in [1.54, 1.807) is 0 Å². The van der Waals surface area contributed by atoms with Crippen LogP contribution in [-0.4, -0.2) is 37.7 Å². The maximum absolute atomic E-state index is 13.1. The Bertz CT molecular complexity index is 814. The van der Waals surface area contributed by atoms with E-state index in [-0.39, 0.29) is 35.1 Å². The number of hydrogen-bond acceptors (Lipinski definition) is 6. The van der Waals surface area contributed by atoms with Crippen LogP contribution < -0.4 is 0 Å². The van der Waals surface area contributed by atoms with Gasteiger partial charge >= 0.3 is 17.9 Å². The number of carbonyl (C=O) groups is 3. The zero-order valence-corrected chi connectivity index (χ0v) is 24.1. The summed E-state index contributed by atoms with van der Waals surface area (Å²) in [6.07, 6.45) is 9.99. The van der Waals surface area contributed by atoms with E-state index in [0.717, 1.165) is 64.2 Å². The molecular weight excluding hydrogens is 468 g/mol. The van der Waals surface area contributed by atoms with Crippen molar-refractivity contribution in [3.63, 3.8) is 0 Å². The second-order valence-electron chi connectivity index (χ2n) is 10.1. The van der Waals surface area contributed by atoms with Crippen LogP contribution in [0.2, 0.25) is 0 Å². The van der Waals surface area contributed by atoms with Gasteiger partial charge in [-0.25, -0.2) is 14.4 Å². The standard InChI is InChI=1S/C31H50O6/c1-7-13-15-24(11-5)21-35-29(32)26-17-18-27(30(33)37-22-25(12-6)16-14-8-2)28(19-26)31(34)36-20-23(9-3)10-4/h17-19,23-25H,7-16,20-22H2,1-6H3. The number of ether oxygens (including phenoxy) is 3. The number of unbranched alkanes of at least 4 members (excludes halogenated alkanes) is 2. The minimum absolute atomic E-state index is 0.0463. The molecule has 0 aliphatic heterocycles. The molecule has 1 aromatic rings. The minimum atomic E-state index is -0.624. The van der Waals surface area contributed by atoms with Crippen molar-refractivity contribution < 1.29 is 28.6 Å². The fourth-order valence-electron chi connectivity index (χ4n) is 4.16. The van der Waals surface area contributed by atoms with Crippen LogP contribution in [0.5, 0.6) is 0 Å². The number of benzene rings is 1. The predicted molar refractivity (Wildman–Crippen MR) is 148 cm³/mol. The lowest BCUT2D eigenvalue weighted by atomic mass is 10.00. The van der Waals surface area contributed by atoms with Crippen LogP contribution in [0.4, 0.5) is 0 Å². The Morgan fingerprint density at radius 3 is 1.49 bits per heavy atom. The molecule has 2 atom stereocenters. The van der Waals surface area contributed by atoms with Gasteiger partial charge in [0.05, 0.1) is 36.5 Å². The van der Waals surface area contributed by atoms with Gasteiger partial charge in [0.1, 0.15) is 0 Å². The molecule has 0 radical (unpaired) electrons. The minimum Gasteiger partial charge on any atom is -0.462 e. The van der Waals surface area contributed by atoms with Gasteiger partial charge < -0.3 is 14.2 Å². The molecule has 6 heteroatoms. The van der Waals surface area contributed by atoms with Crippen molar-refractivity contribution in [3.8, 4) is 0 Å². The van der Waals surface area contributed by atoms with Crippen molar-refractivity contribution in [3.05, 3.63) is 34.9 Å². The van der Waals surface area contributed by atoms with Crippen LogP contribution in [0.25, 0.3) is 0 Å². The third kappa shape index (κ3) is 11.7. The molecule has 210 valence electrons. The maximum Gasteiger partial charge on any atom is 0.339 e. The first-order valence-electron chi connectivity index (χ1n) is 14.5. The fraction of sp³-hybridized carbons (Fsp3) is 0.710. The Kier molecular flexibility index (Phi) is 16.6. The zero-order valence-electron chi connectivity index (χ0n) is 24.1. The fourth-order valence-corrected chi connectivity index (χ4v) is 4.16. The van der Waals surface area contributed by atoms with E-state index in [2.05, 4.69) is 27.7 Å². The van der Waals surface area contributed by atoms with E-state index < -0.39 is 17.9 Å². The molecule has 0 fully saturated rings. The van der Waals surface area contributed by atoms with E-state index in [4.69, 9.17) is 14.2 Å².